The molecule has 2 aliphatic rings. The van der Waals surface area contributed by atoms with E-state index in [4.69, 9.17) is 4.74 Å². The molecule has 3 atom stereocenters. The van der Waals surface area contributed by atoms with Gasteiger partial charge in [0.2, 0.25) is 0 Å². The van der Waals surface area contributed by atoms with Crippen molar-refractivity contribution < 1.29 is 19.1 Å². The Bertz CT molecular complexity index is 506. The van der Waals surface area contributed by atoms with Gasteiger partial charge in [0.15, 0.2) is 0 Å². The molecular weight excluding hydrogens is 503 g/mol. The molecule has 1 unspecified atom stereocenters. The number of ether oxygens (including phenoxy) is 1. The average molecular weight is 529 g/mol. The van der Waals surface area contributed by atoms with Crippen LogP contribution in [0.5, 0.6) is 0 Å². The van der Waals surface area contributed by atoms with Gasteiger partial charge in [-0.2, -0.15) is 0 Å². The molecule has 2 heterocycles. The number of hydrogen-bond donors (Lipinski definition) is 0. The summed E-state index contributed by atoms with van der Waals surface area (Å²) in [6.07, 6.45) is 1.33. The van der Waals surface area contributed by atoms with Crippen LogP contribution < -0.4 is 0 Å². The third-order valence-electron chi connectivity index (χ3n) is 4.93. The molecular formula is C16H26N3O4Tl. The summed E-state index contributed by atoms with van der Waals surface area (Å²) in [6.45, 7) is 5.97. The summed E-state index contributed by atoms with van der Waals surface area (Å²) in [5.74, 6) is -0.327. The van der Waals surface area contributed by atoms with Crippen LogP contribution in [-0.2, 0) is 19.1 Å². The van der Waals surface area contributed by atoms with E-state index in [1.165, 1.54) is 12.0 Å². The Kier molecular flexibility index (Phi) is 6.63. The van der Waals surface area contributed by atoms with Crippen molar-refractivity contribution in [2.45, 2.75) is 38.8 Å². The van der Waals surface area contributed by atoms with Gasteiger partial charge in [0.1, 0.15) is 0 Å². The summed E-state index contributed by atoms with van der Waals surface area (Å²) in [4.78, 5) is 40.4. The Morgan fingerprint density at radius 3 is 2.17 bits per heavy atom. The van der Waals surface area contributed by atoms with Gasteiger partial charge in [0.25, 0.3) is 0 Å². The van der Waals surface area contributed by atoms with E-state index < -0.39 is 6.04 Å². The van der Waals surface area contributed by atoms with Crippen LogP contribution in [0.4, 0.5) is 0 Å². The first-order chi connectivity index (χ1) is 11.3. The third kappa shape index (κ3) is 4.27. The van der Waals surface area contributed by atoms with E-state index in [9.17, 15) is 14.4 Å². The predicted octanol–water partition coefficient (Wildman–Crippen LogP) is -0.351. The molecule has 0 radical (unpaired) electrons. The summed E-state index contributed by atoms with van der Waals surface area (Å²) in [6, 6.07) is -0.456. The second-order valence-corrected chi connectivity index (χ2v) is 9.55. The number of hydrogen-bond acceptors (Lipinski definition) is 5. The first kappa shape index (κ1) is 19.6. The van der Waals surface area contributed by atoms with Crippen molar-refractivity contribution in [2.24, 2.45) is 11.8 Å². The number of rotatable bonds is 5. The fourth-order valence-electron chi connectivity index (χ4n) is 3.35. The Morgan fingerprint density at radius 1 is 1.21 bits per heavy atom. The molecule has 0 bridgehead atoms. The van der Waals surface area contributed by atoms with Gasteiger partial charge in [0.05, 0.1) is 7.11 Å². The topological polar surface area (TPSA) is 69.9 Å². The Labute approximate surface area is 159 Å². The van der Waals surface area contributed by atoms with Crippen molar-refractivity contribution in [1.82, 2.24) is 12.5 Å². The number of carbonyl (C=O) groups excluding carboxylic acids is 3. The van der Waals surface area contributed by atoms with Crippen LogP contribution in [0.25, 0.3) is 0 Å². The quantitative estimate of drug-likeness (QED) is 0.277. The van der Waals surface area contributed by atoms with E-state index in [0.717, 1.165) is 32.6 Å². The van der Waals surface area contributed by atoms with Crippen molar-refractivity contribution in [3.05, 3.63) is 0 Å². The second-order valence-electron chi connectivity index (χ2n) is 6.97. The maximum atomic E-state index is 12.8. The fraction of sp³-hybridized carbons (Fsp3) is 0.812. The van der Waals surface area contributed by atoms with Gasteiger partial charge in [-0.25, -0.2) is 0 Å². The minimum atomic E-state index is -0.562. The van der Waals surface area contributed by atoms with Crippen LogP contribution in [0.15, 0.2) is 0 Å². The van der Waals surface area contributed by atoms with E-state index in [2.05, 4.69) is 2.71 Å². The number of nitrogens with zero attached hydrogens (tertiary/aromatic N) is 3. The zero-order chi connectivity index (χ0) is 18.0. The van der Waals surface area contributed by atoms with Gasteiger partial charge in [-0.15, -0.1) is 0 Å². The van der Waals surface area contributed by atoms with Crippen molar-refractivity contribution in [1.29, 1.82) is 0 Å². The molecule has 0 aliphatic carbocycles. The Balaban J connectivity index is 1.91. The molecule has 24 heavy (non-hydrogen) atoms. The van der Waals surface area contributed by atoms with Crippen LogP contribution in [0.2, 0.25) is 0 Å². The molecule has 2 saturated heterocycles. The molecule has 0 N–H and O–H groups in total. The number of esters is 1. The van der Waals surface area contributed by atoms with Crippen LogP contribution in [0.1, 0.15) is 26.7 Å². The molecule has 0 aromatic rings. The van der Waals surface area contributed by atoms with Gasteiger partial charge < -0.3 is 0 Å². The SMILES string of the molecule is COC(=O)[C@H](C(C)C)N(C)C(=O)C1CCN(C(=O)[C@@H]2C[N]2[Tl])CC1. The normalized spacial score (nSPS) is 25.2. The molecule has 0 aromatic heterocycles. The van der Waals surface area contributed by atoms with Crippen molar-refractivity contribution in [3.8, 4) is 0 Å². The number of methoxy groups -OCH3 is 1. The number of likely N-dealkylation sites (tertiary alicyclic amines) is 1. The minimum absolute atomic E-state index is 0.0107. The summed E-state index contributed by atoms with van der Waals surface area (Å²) < 4.78 is 7.02. The maximum absolute atomic E-state index is 12.8. The van der Waals surface area contributed by atoms with E-state index in [1.807, 2.05) is 18.7 Å². The molecule has 0 aromatic carbocycles. The van der Waals surface area contributed by atoms with E-state index >= 15 is 0 Å². The molecule has 2 rings (SSSR count). The molecule has 132 valence electrons. The van der Waals surface area contributed by atoms with Gasteiger partial charge in [-0.05, 0) is 0 Å². The zero-order valence-corrected chi connectivity index (χ0v) is 19.4. The molecule has 0 spiro atoms. The second kappa shape index (κ2) is 8.11. The summed E-state index contributed by atoms with van der Waals surface area (Å²) in [5, 5.41) is 0. The standard InChI is InChI=1S/C16H26N3O4.Tl/c1-10(2)13(16(22)23-4)18(3)14(20)11-5-7-19(8-6-11)15(21)12-9-17-12;/h10-13H,5-9H2,1-4H3;/q-1;+1/t12-,13-;/m0./s1. The number of piperidine rings is 1. The van der Waals surface area contributed by atoms with Crippen LogP contribution in [0, 0.1) is 11.8 Å². The first-order valence-electron chi connectivity index (χ1n) is 8.42. The average Bonchev–Trinajstić information content (AvgIpc) is 3.29. The molecule has 2 aliphatic heterocycles. The summed E-state index contributed by atoms with van der Waals surface area (Å²) in [5.41, 5.74) is 0. The third-order valence-corrected chi connectivity index (χ3v) is 7.15. The first-order valence-corrected chi connectivity index (χ1v) is 10.4. The summed E-state index contributed by atoms with van der Waals surface area (Å²) in [7, 11) is 3.02. The molecule has 8 heteroatoms. The van der Waals surface area contributed by atoms with Crippen molar-refractivity contribution in [3.63, 3.8) is 0 Å². The number of amides is 2. The van der Waals surface area contributed by atoms with Crippen LogP contribution in [-0.4, -0.2) is 102 Å². The fourth-order valence-corrected chi connectivity index (χ4v) is 4.63. The van der Waals surface area contributed by atoms with Gasteiger partial charge in [-0.1, -0.05) is 0 Å². The molecule has 7 nitrogen and oxygen atoms in total. The Hall–Kier alpha value is -0.708. The van der Waals surface area contributed by atoms with Gasteiger partial charge in [0, 0.05) is 0 Å². The van der Waals surface area contributed by atoms with Crippen molar-refractivity contribution in [2.75, 3.05) is 33.8 Å². The number of carbonyl (C=O) groups is 3. The van der Waals surface area contributed by atoms with E-state index in [0.29, 0.717) is 25.9 Å². The van der Waals surface area contributed by atoms with E-state index in [-0.39, 0.29) is 35.7 Å². The van der Waals surface area contributed by atoms with Gasteiger partial charge >= 0.3 is 153 Å². The number of likely N-dealkylation sites (N-methyl/N-ethyl adjacent to an activating group) is 1. The van der Waals surface area contributed by atoms with Gasteiger partial charge in [-0.3, -0.25) is 0 Å². The molecule has 2 amide bonds. The summed E-state index contributed by atoms with van der Waals surface area (Å²) >= 11 is 0.725. The molecule has 2 fully saturated rings. The van der Waals surface area contributed by atoms with Crippen LogP contribution >= 0.6 is 0 Å². The monoisotopic (exact) mass is 529 g/mol. The van der Waals surface area contributed by atoms with Crippen LogP contribution in [0.3, 0.4) is 0 Å². The predicted molar refractivity (Wildman–Crippen MR) is 89.0 cm³/mol. The van der Waals surface area contributed by atoms with Crippen molar-refractivity contribution >= 4 is 43.8 Å². The zero-order valence-electron chi connectivity index (χ0n) is 14.9. The van der Waals surface area contributed by atoms with E-state index in [1.54, 1.807) is 7.05 Å². The molecule has 0 saturated carbocycles. The Morgan fingerprint density at radius 2 is 1.75 bits per heavy atom.